The molecule has 1 fully saturated rings. The number of hydrogen-bond acceptors (Lipinski definition) is 0. The van der Waals surface area contributed by atoms with Gasteiger partial charge >= 0.3 is 0 Å². The van der Waals surface area contributed by atoms with E-state index in [0.717, 1.165) is 24.8 Å². The summed E-state index contributed by atoms with van der Waals surface area (Å²) in [4.78, 5) is 0. The summed E-state index contributed by atoms with van der Waals surface area (Å²) in [6.45, 7) is 0. The van der Waals surface area contributed by atoms with E-state index in [9.17, 15) is 4.39 Å². The predicted molar refractivity (Wildman–Crippen MR) is 52.6 cm³/mol. The topological polar surface area (TPSA) is 0 Å². The Balaban J connectivity index is 2.29. The van der Waals surface area contributed by atoms with Gasteiger partial charge in [0, 0.05) is 11.3 Å². The minimum Gasteiger partial charge on any atom is -0.207 e. The van der Waals surface area contributed by atoms with Crippen LogP contribution in [0.4, 0.5) is 4.39 Å². The van der Waals surface area contributed by atoms with Crippen LogP contribution in [0.1, 0.15) is 30.7 Å². The quantitative estimate of drug-likeness (QED) is 0.604. The zero-order chi connectivity index (χ0) is 9.26. The SMILES string of the molecule is Fc1ccccc1C1CCCC1Cl. The van der Waals surface area contributed by atoms with E-state index in [0.29, 0.717) is 0 Å². The molecule has 0 aliphatic heterocycles. The molecule has 1 aliphatic rings. The molecule has 1 aliphatic carbocycles. The molecule has 1 aromatic rings. The Bertz CT molecular complexity index is 298. The summed E-state index contributed by atoms with van der Waals surface area (Å²) in [6.07, 6.45) is 3.16. The van der Waals surface area contributed by atoms with Crippen LogP contribution in [0.3, 0.4) is 0 Å². The van der Waals surface area contributed by atoms with Gasteiger partial charge in [0.15, 0.2) is 0 Å². The molecular formula is C11H12ClF. The Kier molecular flexibility index (Phi) is 2.54. The average Bonchev–Trinajstić information content (AvgIpc) is 2.52. The highest BCUT2D eigenvalue weighted by atomic mass is 35.5. The Morgan fingerprint density at radius 2 is 2.00 bits per heavy atom. The fourth-order valence-electron chi connectivity index (χ4n) is 2.04. The third-order valence-corrected chi connectivity index (χ3v) is 3.26. The molecule has 0 amide bonds. The molecule has 13 heavy (non-hydrogen) atoms. The summed E-state index contributed by atoms with van der Waals surface area (Å²) >= 11 is 6.12. The van der Waals surface area contributed by atoms with Crippen LogP contribution >= 0.6 is 11.6 Å². The lowest BCUT2D eigenvalue weighted by Crippen LogP contribution is -2.06. The maximum absolute atomic E-state index is 13.4. The van der Waals surface area contributed by atoms with Gasteiger partial charge < -0.3 is 0 Å². The molecule has 0 N–H and O–H groups in total. The van der Waals surface area contributed by atoms with E-state index < -0.39 is 0 Å². The van der Waals surface area contributed by atoms with Crippen molar-refractivity contribution in [1.82, 2.24) is 0 Å². The van der Waals surface area contributed by atoms with E-state index in [1.807, 2.05) is 12.1 Å². The van der Waals surface area contributed by atoms with Gasteiger partial charge in [0.25, 0.3) is 0 Å². The van der Waals surface area contributed by atoms with Crippen LogP contribution in [-0.4, -0.2) is 5.38 Å². The van der Waals surface area contributed by atoms with Crippen molar-refractivity contribution in [2.24, 2.45) is 0 Å². The fourth-order valence-corrected chi connectivity index (χ4v) is 2.46. The van der Waals surface area contributed by atoms with Gasteiger partial charge in [0.05, 0.1) is 0 Å². The Hall–Kier alpha value is -0.560. The van der Waals surface area contributed by atoms with Crippen LogP contribution in [0.5, 0.6) is 0 Å². The van der Waals surface area contributed by atoms with Gasteiger partial charge in [-0.25, -0.2) is 4.39 Å². The third kappa shape index (κ3) is 1.71. The lowest BCUT2D eigenvalue weighted by Gasteiger charge is -2.14. The average molecular weight is 199 g/mol. The molecular weight excluding hydrogens is 187 g/mol. The Labute approximate surface area is 82.7 Å². The van der Waals surface area contributed by atoms with Crippen molar-refractivity contribution in [2.75, 3.05) is 0 Å². The van der Waals surface area contributed by atoms with Gasteiger partial charge in [-0.05, 0) is 24.5 Å². The molecule has 2 rings (SSSR count). The second-order valence-electron chi connectivity index (χ2n) is 3.57. The molecule has 0 bridgehead atoms. The summed E-state index contributed by atoms with van der Waals surface area (Å²) in [5.41, 5.74) is 0.792. The van der Waals surface area contributed by atoms with Crippen molar-refractivity contribution in [3.8, 4) is 0 Å². The standard InChI is InChI=1S/C11H12ClF/c12-10-6-3-5-8(10)9-4-1-2-7-11(9)13/h1-2,4,7-8,10H,3,5-6H2. The van der Waals surface area contributed by atoms with Crippen LogP contribution < -0.4 is 0 Å². The lowest BCUT2D eigenvalue weighted by atomic mass is 9.97. The smallest absolute Gasteiger partial charge is 0.126 e. The number of hydrogen-bond donors (Lipinski definition) is 0. The molecule has 2 unspecified atom stereocenters. The monoisotopic (exact) mass is 198 g/mol. The van der Waals surface area contributed by atoms with E-state index in [2.05, 4.69) is 0 Å². The molecule has 1 saturated carbocycles. The van der Waals surface area contributed by atoms with Gasteiger partial charge in [0.1, 0.15) is 5.82 Å². The highest BCUT2D eigenvalue weighted by Gasteiger charge is 2.28. The first-order valence-corrected chi connectivity index (χ1v) is 5.11. The zero-order valence-corrected chi connectivity index (χ0v) is 8.10. The first-order chi connectivity index (χ1) is 6.29. The van der Waals surface area contributed by atoms with Gasteiger partial charge in [-0.1, -0.05) is 24.6 Å². The minimum atomic E-state index is -0.111. The zero-order valence-electron chi connectivity index (χ0n) is 7.34. The number of benzene rings is 1. The molecule has 0 aromatic heterocycles. The first-order valence-electron chi connectivity index (χ1n) is 4.67. The predicted octanol–water partition coefficient (Wildman–Crippen LogP) is 3.70. The summed E-state index contributed by atoms with van der Waals surface area (Å²) in [7, 11) is 0. The molecule has 0 radical (unpaired) electrons. The summed E-state index contributed by atoms with van der Waals surface area (Å²) in [5, 5.41) is 0.122. The van der Waals surface area contributed by atoms with Gasteiger partial charge in [0.2, 0.25) is 0 Å². The maximum Gasteiger partial charge on any atom is 0.126 e. The normalized spacial score (nSPS) is 27.8. The van der Waals surface area contributed by atoms with Crippen LogP contribution in [0.2, 0.25) is 0 Å². The summed E-state index contributed by atoms with van der Waals surface area (Å²) in [6, 6.07) is 6.95. The van der Waals surface area contributed by atoms with E-state index in [-0.39, 0.29) is 17.1 Å². The van der Waals surface area contributed by atoms with E-state index in [1.54, 1.807) is 6.07 Å². The molecule has 0 nitrogen and oxygen atoms in total. The first kappa shape index (κ1) is 9.01. The third-order valence-electron chi connectivity index (χ3n) is 2.74. The number of rotatable bonds is 1. The Morgan fingerprint density at radius 1 is 1.23 bits per heavy atom. The fraction of sp³-hybridized carbons (Fsp3) is 0.455. The van der Waals surface area contributed by atoms with Crippen LogP contribution in [0.25, 0.3) is 0 Å². The van der Waals surface area contributed by atoms with Crippen LogP contribution in [0.15, 0.2) is 24.3 Å². The van der Waals surface area contributed by atoms with E-state index in [4.69, 9.17) is 11.6 Å². The van der Waals surface area contributed by atoms with Gasteiger partial charge in [-0.2, -0.15) is 0 Å². The highest BCUT2D eigenvalue weighted by Crippen LogP contribution is 2.38. The van der Waals surface area contributed by atoms with Crippen molar-refractivity contribution >= 4 is 11.6 Å². The molecule has 1 aromatic carbocycles. The van der Waals surface area contributed by atoms with E-state index in [1.165, 1.54) is 6.07 Å². The van der Waals surface area contributed by atoms with Gasteiger partial charge in [-0.15, -0.1) is 11.6 Å². The largest absolute Gasteiger partial charge is 0.207 e. The number of alkyl halides is 1. The number of halogens is 2. The summed E-state index contributed by atoms with van der Waals surface area (Å²) < 4.78 is 13.4. The van der Waals surface area contributed by atoms with Crippen molar-refractivity contribution in [1.29, 1.82) is 0 Å². The maximum atomic E-state index is 13.4. The molecule has 70 valence electrons. The minimum absolute atomic E-state index is 0.111. The molecule has 2 atom stereocenters. The second-order valence-corrected chi connectivity index (χ2v) is 4.14. The summed E-state index contributed by atoms with van der Waals surface area (Å²) in [5.74, 6) is 0.114. The van der Waals surface area contributed by atoms with Gasteiger partial charge in [-0.3, -0.25) is 0 Å². The highest BCUT2D eigenvalue weighted by molar-refractivity contribution is 6.21. The second kappa shape index (κ2) is 3.67. The molecule has 0 saturated heterocycles. The van der Waals surface area contributed by atoms with Crippen molar-refractivity contribution in [3.05, 3.63) is 35.6 Å². The molecule has 2 heteroatoms. The van der Waals surface area contributed by atoms with E-state index >= 15 is 0 Å². The Morgan fingerprint density at radius 3 is 2.62 bits per heavy atom. The van der Waals surface area contributed by atoms with Crippen molar-refractivity contribution in [3.63, 3.8) is 0 Å². The molecule has 0 heterocycles. The molecule has 0 spiro atoms. The van der Waals surface area contributed by atoms with Crippen LogP contribution in [-0.2, 0) is 0 Å². The lowest BCUT2D eigenvalue weighted by molar-refractivity contribution is 0.582. The van der Waals surface area contributed by atoms with Crippen molar-refractivity contribution in [2.45, 2.75) is 30.6 Å². The van der Waals surface area contributed by atoms with Crippen LogP contribution in [0, 0.1) is 5.82 Å². The van der Waals surface area contributed by atoms with Crippen molar-refractivity contribution < 1.29 is 4.39 Å².